The van der Waals surface area contributed by atoms with Crippen LogP contribution in [0.5, 0.6) is 0 Å². The summed E-state index contributed by atoms with van der Waals surface area (Å²) < 4.78 is 32.1. The molecule has 11 heteroatoms. The standard InChI is InChI=1S/C20H23N5O5S/c1-13-19(14(2)30-23-13)31(28,29)25-11-9-24(10-12-25)18(26)8-7-17-21-16-6-4-3-5-15(16)20(27)22-17/h3-6H,7-12H2,1-2H3,(H,21,22,27). The van der Waals surface area contributed by atoms with E-state index in [9.17, 15) is 18.0 Å². The number of aromatic amines is 1. The van der Waals surface area contributed by atoms with Gasteiger partial charge in [-0.1, -0.05) is 17.3 Å². The van der Waals surface area contributed by atoms with E-state index in [0.717, 1.165) is 0 Å². The SMILES string of the molecule is Cc1noc(C)c1S(=O)(=O)N1CCN(C(=O)CCc2nc3ccccc3c(=O)[nH]2)CC1. The summed E-state index contributed by atoms with van der Waals surface area (Å²) in [6, 6.07) is 7.04. The van der Waals surface area contributed by atoms with E-state index in [1.165, 1.54) is 4.31 Å². The van der Waals surface area contributed by atoms with Crippen LogP contribution < -0.4 is 5.56 Å². The van der Waals surface area contributed by atoms with E-state index in [0.29, 0.717) is 41.9 Å². The van der Waals surface area contributed by atoms with Gasteiger partial charge in [0.2, 0.25) is 15.9 Å². The lowest BCUT2D eigenvalue weighted by atomic mass is 10.2. The number of H-pyrrole nitrogens is 1. The zero-order valence-electron chi connectivity index (χ0n) is 17.3. The minimum absolute atomic E-state index is 0.0959. The summed E-state index contributed by atoms with van der Waals surface area (Å²) in [5, 5.41) is 4.23. The third kappa shape index (κ3) is 4.10. The normalized spacial score (nSPS) is 15.5. The fourth-order valence-electron chi connectivity index (χ4n) is 3.79. The summed E-state index contributed by atoms with van der Waals surface area (Å²) >= 11 is 0. The maximum atomic E-state index is 12.9. The number of nitrogens with zero attached hydrogens (tertiary/aromatic N) is 4. The molecule has 1 amide bonds. The highest BCUT2D eigenvalue weighted by molar-refractivity contribution is 7.89. The summed E-state index contributed by atoms with van der Waals surface area (Å²) in [6.45, 7) is 4.14. The lowest BCUT2D eigenvalue weighted by Gasteiger charge is -2.34. The lowest BCUT2D eigenvalue weighted by Crippen LogP contribution is -2.50. The van der Waals surface area contributed by atoms with E-state index in [4.69, 9.17) is 4.52 Å². The van der Waals surface area contributed by atoms with Crippen molar-refractivity contribution in [3.05, 3.63) is 51.9 Å². The number of piperazine rings is 1. The molecule has 1 saturated heterocycles. The number of para-hydroxylation sites is 1. The minimum atomic E-state index is -3.72. The number of rotatable bonds is 5. The number of nitrogens with one attached hydrogen (secondary N) is 1. The van der Waals surface area contributed by atoms with Crippen LogP contribution >= 0.6 is 0 Å². The molecule has 1 aliphatic rings. The number of benzene rings is 1. The molecule has 4 rings (SSSR count). The van der Waals surface area contributed by atoms with Gasteiger partial charge in [-0.15, -0.1) is 0 Å². The van der Waals surface area contributed by atoms with Crippen LogP contribution in [0.3, 0.4) is 0 Å². The van der Waals surface area contributed by atoms with E-state index in [1.54, 1.807) is 43.0 Å². The van der Waals surface area contributed by atoms with Gasteiger partial charge in [0.15, 0.2) is 5.76 Å². The second-order valence-corrected chi connectivity index (χ2v) is 9.34. The average molecular weight is 446 g/mol. The quantitative estimate of drug-likeness (QED) is 0.620. The minimum Gasteiger partial charge on any atom is -0.360 e. The number of hydrogen-bond donors (Lipinski definition) is 1. The smallest absolute Gasteiger partial charge is 0.258 e. The van der Waals surface area contributed by atoms with Crippen molar-refractivity contribution in [1.82, 2.24) is 24.3 Å². The highest BCUT2D eigenvalue weighted by Crippen LogP contribution is 2.24. The molecule has 1 fully saturated rings. The van der Waals surface area contributed by atoms with Gasteiger partial charge in [0.25, 0.3) is 5.56 Å². The first-order valence-electron chi connectivity index (χ1n) is 9.96. The van der Waals surface area contributed by atoms with E-state index in [1.807, 2.05) is 0 Å². The number of aryl methyl sites for hydroxylation is 3. The molecule has 3 heterocycles. The third-order valence-electron chi connectivity index (χ3n) is 5.39. The van der Waals surface area contributed by atoms with Crippen molar-refractivity contribution >= 4 is 26.8 Å². The first-order valence-corrected chi connectivity index (χ1v) is 11.4. The van der Waals surface area contributed by atoms with Crippen molar-refractivity contribution in [2.75, 3.05) is 26.2 Å². The van der Waals surface area contributed by atoms with E-state index < -0.39 is 10.0 Å². The first kappa shape index (κ1) is 21.2. The van der Waals surface area contributed by atoms with Gasteiger partial charge < -0.3 is 14.4 Å². The van der Waals surface area contributed by atoms with Gasteiger partial charge in [0.1, 0.15) is 16.4 Å². The van der Waals surface area contributed by atoms with Gasteiger partial charge in [-0.3, -0.25) is 9.59 Å². The number of aromatic nitrogens is 3. The van der Waals surface area contributed by atoms with Crippen molar-refractivity contribution < 1.29 is 17.7 Å². The van der Waals surface area contributed by atoms with Gasteiger partial charge >= 0.3 is 0 Å². The Hall–Kier alpha value is -3.05. The summed E-state index contributed by atoms with van der Waals surface area (Å²) in [5.74, 6) is 0.606. The molecule has 0 aliphatic carbocycles. The predicted octanol–water partition coefficient (Wildman–Crippen LogP) is 0.994. The summed E-state index contributed by atoms with van der Waals surface area (Å²) in [6.07, 6.45) is 0.481. The number of carbonyl (C=O) groups excluding carboxylic acids is 1. The van der Waals surface area contributed by atoms with E-state index in [2.05, 4.69) is 15.1 Å². The van der Waals surface area contributed by atoms with Crippen LogP contribution in [0, 0.1) is 13.8 Å². The van der Waals surface area contributed by atoms with Gasteiger partial charge in [-0.05, 0) is 26.0 Å². The van der Waals surface area contributed by atoms with Crippen molar-refractivity contribution in [3.8, 4) is 0 Å². The number of fused-ring (bicyclic) bond motifs is 1. The van der Waals surface area contributed by atoms with Crippen molar-refractivity contribution in [2.45, 2.75) is 31.6 Å². The Labute approximate surface area is 178 Å². The van der Waals surface area contributed by atoms with Crippen LogP contribution in [0.1, 0.15) is 23.7 Å². The number of hydrogen-bond acceptors (Lipinski definition) is 7. The molecule has 0 atom stereocenters. The fourth-order valence-corrected chi connectivity index (χ4v) is 5.50. The lowest BCUT2D eigenvalue weighted by molar-refractivity contribution is -0.132. The number of carbonyl (C=O) groups is 1. The summed E-state index contributed by atoms with van der Waals surface area (Å²) in [7, 11) is -3.72. The zero-order valence-corrected chi connectivity index (χ0v) is 18.1. The molecular weight excluding hydrogens is 422 g/mol. The molecule has 3 aromatic rings. The van der Waals surface area contributed by atoms with E-state index >= 15 is 0 Å². The van der Waals surface area contributed by atoms with Gasteiger partial charge in [-0.2, -0.15) is 4.31 Å². The maximum Gasteiger partial charge on any atom is 0.258 e. The number of sulfonamides is 1. The monoisotopic (exact) mass is 445 g/mol. The molecule has 1 aliphatic heterocycles. The maximum absolute atomic E-state index is 12.9. The molecule has 0 radical (unpaired) electrons. The Morgan fingerprint density at radius 1 is 1.16 bits per heavy atom. The summed E-state index contributed by atoms with van der Waals surface area (Å²) in [5.41, 5.74) is 0.686. The average Bonchev–Trinajstić information content (AvgIpc) is 3.11. The molecule has 0 saturated carbocycles. The second kappa shape index (κ2) is 8.23. The van der Waals surface area contributed by atoms with Crippen LogP contribution in [0.25, 0.3) is 10.9 Å². The summed E-state index contributed by atoms with van der Waals surface area (Å²) in [4.78, 5) is 33.7. The molecule has 164 valence electrons. The van der Waals surface area contributed by atoms with Gasteiger partial charge in [0, 0.05) is 39.0 Å². The van der Waals surface area contributed by atoms with Crippen LogP contribution in [-0.4, -0.2) is 64.8 Å². The fraction of sp³-hybridized carbons (Fsp3) is 0.400. The Kier molecular flexibility index (Phi) is 5.63. The van der Waals surface area contributed by atoms with Gasteiger partial charge in [0.05, 0.1) is 10.9 Å². The van der Waals surface area contributed by atoms with Crippen molar-refractivity contribution in [2.24, 2.45) is 0 Å². The topological polar surface area (TPSA) is 129 Å². The van der Waals surface area contributed by atoms with Gasteiger partial charge in [-0.25, -0.2) is 13.4 Å². The van der Waals surface area contributed by atoms with Crippen LogP contribution in [0.4, 0.5) is 0 Å². The van der Waals surface area contributed by atoms with Crippen molar-refractivity contribution in [3.63, 3.8) is 0 Å². The molecule has 0 spiro atoms. The van der Waals surface area contributed by atoms with Crippen molar-refractivity contribution in [1.29, 1.82) is 0 Å². The molecular formula is C20H23N5O5S. The molecule has 31 heavy (non-hydrogen) atoms. The van der Waals surface area contributed by atoms with E-state index in [-0.39, 0.29) is 41.6 Å². The Balaban J connectivity index is 1.37. The Bertz CT molecular complexity index is 1270. The molecule has 1 aromatic carbocycles. The van der Waals surface area contributed by atoms with Crippen LogP contribution in [-0.2, 0) is 21.2 Å². The predicted molar refractivity (Wildman–Crippen MR) is 112 cm³/mol. The second-order valence-electron chi connectivity index (χ2n) is 7.47. The Morgan fingerprint density at radius 3 is 2.55 bits per heavy atom. The number of amides is 1. The Morgan fingerprint density at radius 2 is 1.87 bits per heavy atom. The first-order chi connectivity index (χ1) is 14.8. The van der Waals surface area contributed by atoms with Crippen LogP contribution in [0.2, 0.25) is 0 Å². The van der Waals surface area contributed by atoms with Crippen LogP contribution in [0.15, 0.2) is 38.5 Å². The molecule has 2 aromatic heterocycles. The molecule has 0 unspecified atom stereocenters. The highest BCUT2D eigenvalue weighted by atomic mass is 32.2. The largest absolute Gasteiger partial charge is 0.360 e. The highest BCUT2D eigenvalue weighted by Gasteiger charge is 2.34. The molecule has 10 nitrogen and oxygen atoms in total. The zero-order chi connectivity index (χ0) is 22.2. The molecule has 0 bridgehead atoms. The third-order valence-corrected chi connectivity index (χ3v) is 7.54. The molecule has 1 N–H and O–H groups in total.